The number of carboxylic acids is 1. The number of hydrogen-bond acceptors (Lipinski definition) is 4. The lowest BCUT2D eigenvalue weighted by Crippen LogP contribution is -2.57. The number of hydrogen-bond donors (Lipinski definition) is 3. The summed E-state index contributed by atoms with van der Waals surface area (Å²) in [6.07, 6.45) is -0.427. The highest BCUT2D eigenvalue weighted by molar-refractivity contribution is 9.10. The maximum absolute atomic E-state index is 12.5. The van der Waals surface area contributed by atoms with E-state index in [1.165, 1.54) is 11.0 Å². The van der Waals surface area contributed by atoms with Crippen LogP contribution in [0.25, 0.3) is 0 Å². The normalized spacial score (nSPS) is 18.2. The Labute approximate surface area is 129 Å². The van der Waals surface area contributed by atoms with Crippen LogP contribution < -0.4 is 11.1 Å². The molecule has 1 aromatic carbocycles. The molecule has 2 amide bonds. The molecule has 1 saturated heterocycles. The molecule has 0 aliphatic carbocycles. The molecule has 2 rings (SSSR count). The van der Waals surface area contributed by atoms with E-state index in [0.29, 0.717) is 22.3 Å². The van der Waals surface area contributed by atoms with E-state index in [9.17, 15) is 14.4 Å². The van der Waals surface area contributed by atoms with E-state index in [-0.39, 0.29) is 6.54 Å². The van der Waals surface area contributed by atoms with Gasteiger partial charge in [-0.2, -0.15) is 0 Å². The van der Waals surface area contributed by atoms with Gasteiger partial charge in [-0.25, -0.2) is 0 Å². The third-order valence-electron chi connectivity index (χ3n) is 3.20. The lowest BCUT2D eigenvalue weighted by atomic mass is 10.1. The molecule has 21 heavy (non-hydrogen) atoms. The van der Waals surface area contributed by atoms with Crippen molar-refractivity contribution in [2.24, 2.45) is 0 Å². The van der Waals surface area contributed by atoms with Crippen LogP contribution in [0.2, 0.25) is 0 Å². The Kier molecular flexibility index (Phi) is 4.46. The maximum Gasteiger partial charge on any atom is 0.305 e. The van der Waals surface area contributed by atoms with Gasteiger partial charge in [0.25, 0.3) is 5.91 Å². The summed E-state index contributed by atoms with van der Waals surface area (Å²) in [7, 11) is 0. The summed E-state index contributed by atoms with van der Waals surface area (Å²) in [5.41, 5.74) is 6.46. The van der Waals surface area contributed by atoms with Crippen molar-refractivity contribution in [3.63, 3.8) is 0 Å². The van der Waals surface area contributed by atoms with Gasteiger partial charge in [0, 0.05) is 28.8 Å². The number of nitrogen functional groups attached to an aromatic ring is 1. The van der Waals surface area contributed by atoms with Gasteiger partial charge < -0.3 is 21.1 Å². The SMILES string of the molecule is Nc1cc(C(=O)N2CCNC(=O)C2CC(=O)O)ccc1Br. The number of carboxylic acid groups (broad SMARTS) is 1. The van der Waals surface area contributed by atoms with Crippen LogP contribution in [0.1, 0.15) is 16.8 Å². The molecule has 7 nitrogen and oxygen atoms in total. The minimum atomic E-state index is -1.13. The van der Waals surface area contributed by atoms with Crippen LogP contribution >= 0.6 is 15.9 Å². The monoisotopic (exact) mass is 355 g/mol. The number of nitrogens with two attached hydrogens (primary N) is 1. The van der Waals surface area contributed by atoms with Crippen molar-refractivity contribution in [3.8, 4) is 0 Å². The largest absolute Gasteiger partial charge is 0.481 e. The van der Waals surface area contributed by atoms with Crippen LogP contribution in [0.4, 0.5) is 5.69 Å². The predicted octanol–water partition coefficient (Wildman–Crippen LogP) is 0.447. The molecular formula is C13H14BrN3O4. The summed E-state index contributed by atoms with van der Waals surface area (Å²) in [5, 5.41) is 11.5. The van der Waals surface area contributed by atoms with Crippen LogP contribution in [0.5, 0.6) is 0 Å². The van der Waals surface area contributed by atoms with E-state index in [4.69, 9.17) is 10.8 Å². The molecule has 0 saturated carbocycles. The number of carbonyl (C=O) groups is 3. The molecule has 1 heterocycles. The second kappa shape index (κ2) is 6.13. The van der Waals surface area contributed by atoms with Crippen LogP contribution in [0.15, 0.2) is 22.7 Å². The van der Waals surface area contributed by atoms with Crippen LogP contribution in [0, 0.1) is 0 Å². The highest BCUT2D eigenvalue weighted by atomic mass is 79.9. The Morgan fingerprint density at radius 1 is 1.48 bits per heavy atom. The average molecular weight is 356 g/mol. The van der Waals surface area contributed by atoms with Crippen LogP contribution in [0.3, 0.4) is 0 Å². The van der Waals surface area contributed by atoms with Gasteiger partial charge in [-0.05, 0) is 34.1 Å². The van der Waals surface area contributed by atoms with E-state index in [2.05, 4.69) is 21.2 Å². The number of piperazine rings is 1. The first kappa shape index (κ1) is 15.3. The third-order valence-corrected chi connectivity index (χ3v) is 3.92. The minimum Gasteiger partial charge on any atom is -0.481 e. The Balaban J connectivity index is 2.27. The van der Waals surface area contributed by atoms with Gasteiger partial charge in [0.1, 0.15) is 6.04 Å². The van der Waals surface area contributed by atoms with Gasteiger partial charge in [0.2, 0.25) is 5.91 Å². The van der Waals surface area contributed by atoms with Gasteiger partial charge in [-0.1, -0.05) is 0 Å². The summed E-state index contributed by atoms with van der Waals surface area (Å²) in [4.78, 5) is 36.4. The van der Waals surface area contributed by atoms with Gasteiger partial charge in [-0.3, -0.25) is 14.4 Å². The van der Waals surface area contributed by atoms with Gasteiger partial charge in [-0.15, -0.1) is 0 Å². The summed E-state index contributed by atoms with van der Waals surface area (Å²) in [6, 6.07) is 3.71. The zero-order valence-electron chi connectivity index (χ0n) is 11.0. The smallest absolute Gasteiger partial charge is 0.305 e. The molecule has 0 aromatic heterocycles. The molecule has 0 spiro atoms. The quantitative estimate of drug-likeness (QED) is 0.681. The molecule has 0 radical (unpaired) electrons. The Morgan fingerprint density at radius 3 is 2.81 bits per heavy atom. The van der Waals surface area contributed by atoms with Crippen molar-refractivity contribution in [2.75, 3.05) is 18.8 Å². The number of nitrogens with zero attached hydrogens (tertiary/aromatic N) is 1. The number of nitrogens with one attached hydrogen (secondary N) is 1. The molecule has 1 aliphatic rings. The van der Waals surface area contributed by atoms with Gasteiger partial charge in [0.05, 0.1) is 6.42 Å². The molecule has 112 valence electrons. The van der Waals surface area contributed by atoms with Crippen LogP contribution in [-0.2, 0) is 9.59 Å². The zero-order valence-corrected chi connectivity index (χ0v) is 12.6. The molecule has 4 N–H and O–H groups in total. The van der Waals surface area contributed by atoms with E-state index < -0.39 is 30.2 Å². The number of aliphatic carboxylic acids is 1. The molecule has 1 aromatic rings. The van der Waals surface area contributed by atoms with E-state index in [0.717, 1.165) is 0 Å². The highest BCUT2D eigenvalue weighted by Gasteiger charge is 2.35. The standard InChI is InChI=1S/C13H14BrN3O4/c14-8-2-1-7(5-9(8)15)13(21)17-4-3-16-12(20)10(17)6-11(18)19/h1-2,5,10H,3-4,6,15H2,(H,16,20)(H,18,19). The van der Waals surface area contributed by atoms with Crippen molar-refractivity contribution in [1.29, 1.82) is 0 Å². The second-order valence-electron chi connectivity index (χ2n) is 4.64. The van der Waals surface area contributed by atoms with E-state index in [1.807, 2.05) is 0 Å². The zero-order chi connectivity index (χ0) is 15.6. The van der Waals surface area contributed by atoms with Gasteiger partial charge >= 0.3 is 5.97 Å². The molecule has 1 fully saturated rings. The molecule has 8 heteroatoms. The second-order valence-corrected chi connectivity index (χ2v) is 5.49. The molecule has 1 aliphatic heterocycles. The number of halogens is 1. The summed E-state index contributed by atoms with van der Waals surface area (Å²) in [6.45, 7) is 0.561. The van der Waals surface area contributed by atoms with Crippen molar-refractivity contribution < 1.29 is 19.5 Å². The Morgan fingerprint density at radius 2 is 2.19 bits per heavy atom. The lowest BCUT2D eigenvalue weighted by molar-refractivity contribution is -0.142. The van der Waals surface area contributed by atoms with Gasteiger partial charge in [0.15, 0.2) is 0 Å². The Bertz CT molecular complexity index is 605. The first-order valence-corrected chi connectivity index (χ1v) is 7.05. The molecule has 1 atom stereocenters. The fourth-order valence-corrected chi connectivity index (χ4v) is 2.42. The number of benzene rings is 1. The summed E-state index contributed by atoms with van der Waals surface area (Å²) >= 11 is 3.24. The number of carbonyl (C=O) groups excluding carboxylic acids is 2. The third kappa shape index (κ3) is 3.33. The highest BCUT2D eigenvalue weighted by Crippen LogP contribution is 2.22. The van der Waals surface area contributed by atoms with Crippen molar-refractivity contribution in [2.45, 2.75) is 12.5 Å². The van der Waals surface area contributed by atoms with Crippen molar-refractivity contribution in [3.05, 3.63) is 28.2 Å². The topological polar surface area (TPSA) is 113 Å². The predicted molar refractivity (Wildman–Crippen MR) is 78.6 cm³/mol. The fraction of sp³-hybridized carbons (Fsp3) is 0.308. The van der Waals surface area contributed by atoms with Crippen molar-refractivity contribution in [1.82, 2.24) is 10.2 Å². The fourth-order valence-electron chi connectivity index (χ4n) is 2.17. The molecule has 1 unspecified atom stereocenters. The number of anilines is 1. The van der Waals surface area contributed by atoms with Crippen LogP contribution in [-0.4, -0.2) is 46.9 Å². The average Bonchev–Trinajstić information content (AvgIpc) is 2.43. The summed E-state index contributed by atoms with van der Waals surface area (Å²) in [5.74, 6) is -2.00. The van der Waals surface area contributed by atoms with Crippen molar-refractivity contribution >= 4 is 39.4 Å². The number of rotatable bonds is 3. The van der Waals surface area contributed by atoms with E-state index in [1.54, 1.807) is 12.1 Å². The first-order valence-electron chi connectivity index (χ1n) is 6.25. The maximum atomic E-state index is 12.5. The minimum absolute atomic E-state index is 0.262. The lowest BCUT2D eigenvalue weighted by Gasteiger charge is -2.34. The summed E-state index contributed by atoms with van der Waals surface area (Å²) < 4.78 is 0.664. The van der Waals surface area contributed by atoms with E-state index >= 15 is 0 Å². The first-order chi connectivity index (χ1) is 9.90. The molecular weight excluding hydrogens is 342 g/mol. The molecule has 0 bridgehead atoms. The Hall–Kier alpha value is -2.09. The number of amides is 2.